The van der Waals surface area contributed by atoms with Crippen molar-refractivity contribution in [3.63, 3.8) is 0 Å². The lowest BCUT2D eigenvalue weighted by molar-refractivity contribution is -0.122. The molecule has 0 saturated carbocycles. The summed E-state index contributed by atoms with van der Waals surface area (Å²) in [5, 5.41) is 0. The third-order valence-electron chi connectivity index (χ3n) is 5.28. The fraction of sp³-hybridized carbons (Fsp3) is 0.391. The van der Waals surface area contributed by atoms with Crippen LogP contribution in [0.15, 0.2) is 48.5 Å². The van der Waals surface area contributed by atoms with Gasteiger partial charge in [0.15, 0.2) is 6.61 Å². The van der Waals surface area contributed by atoms with Gasteiger partial charge in [-0.2, -0.15) is 0 Å². The highest BCUT2D eigenvalue weighted by atomic mass is 16.5. The highest BCUT2D eigenvalue weighted by Crippen LogP contribution is 2.38. The van der Waals surface area contributed by atoms with Gasteiger partial charge in [-0.3, -0.25) is 9.59 Å². The summed E-state index contributed by atoms with van der Waals surface area (Å²) in [5.41, 5.74) is 8.39. The minimum atomic E-state index is -0.374. The maximum atomic E-state index is 12.9. The maximum Gasteiger partial charge on any atom is 0.265 e. The lowest BCUT2D eigenvalue weighted by atomic mass is 9.85. The molecule has 0 saturated heterocycles. The summed E-state index contributed by atoms with van der Waals surface area (Å²) in [5.74, 6) is -0.209. The van der Waals surface area contributed by atoms with Crippen LogP contribution in [0.5, 0.6) is 5.75 Å². The Labute approximate surface area is 166 Å². The van der Waals surface area contributed by atoms with E-state index in [1.165, 1.54) is 5.56 Å². The zero-order valence-electron chi connectivity index (χ0n) is 16.9. The van der Waals surface area contributed by atoms with Crippen LogP contribution >= 0.6 is 0 Å². The molecule has 0 bridgehead atoms. The Morgan fingerprint density at radius 1 is 1.11 bits per heavy atom. The first-order valence-corrected chi connectivity index (χ1v) is 9.62. The molecule has 1 aliphatic heterocycles. The molecule has 2 N–H and O–H groups in total. The largest absolute Gasteiger partial charge is 0.484 e. The summed E-state index contributed by atoms with van der Waals surface area (Å²) in [7, 11) is 0. The number of primary amides is 1. The molecule has 1 heterocycles. The number of fused-ring (bicyclic) bond motifs is 1. The van der Waals surface area contributed by atoms with Crippen LogP contribution in [0.3, 0.4) is 0 Å². The Morgan fingerprint density at radius 3 is 2.36 bits per heavy atom. The van der Waals surface area contributed by atoms with Crippen molar-refractivity contribution in [3.8, 4) is 5.75 Å². The highest BCUT2D eigenvalue weighted by Gasteiger charge is 2.36. The molecule has 2 aromatic rings. The third-order valence-corrected chi connectivity index (χ3v) is 5.28. The fourth-order valence-electron chi connectivity index (χ4n) is 3.73. The van der Waals surface area contributed by atoms with Gasteiger partial charge in [-0.15, -0.1) is 0 Å². The molecule has 2 amide bonds. The summed E-state index contributed by atoms with van der Waals surface area (Å²) in [6.07, 6.45) is 0.512. The molecule has 0 aliphatic carbocycles. The minimum Gasteiger partial charge on any atom is -0.484 e. The van der Waals surface area contributed by atoms with Gasteiger partial charge in [-0.1, -0.05) is 51.1 Å². The predicted octanol–water partition coefficient (Wildman–Crippen LogP) is 3.76. The van der Waals surface area contributed by atoms with E-state index < -0.39 is 0 Å². The second-order valence-corrected chi connectivity index (χ2v) is 8.43. The number of hydrogen-bond donors (Lipinski definition) is 1. The van der Waals surface area contributed by atoms with Crippen molar-refractivity contribution in [1.29, 1.82) is 0 Å². The molecule has 1 aliphatic rings. The summed E-state index contributed by atoms with van der Waals surface area (Å²) < 4.78 is 5.74. The van der Waals surface area contributed by atoms with Crippen molar-refractivity contribution >= 4 is 17.5 Å². The van der Waals surface area contributed by atoms with Crippen molar-refractivity contribution in [2.75, 3.05) is 11.5 Å². The number of hydrogen-bond acceptors (Lipinski definition) is 3. The Kier molecular flexibility index (Phi) is 5.45. The third kappa shape index (κ3) is 4.03. The summed E-state index contributed by atoms with van der Waals surface area (Å²) >= 11 is 0. The number of ether oxygens (including phenoxy) is 1. The van der Waals surface area contributed by atoms with Crippen molar-refractivity contribution in [1.82, 2.24) is 0 Å². The molecule has 2 atom stereocenters. The highest BCUT2D eigenvalue weighted by molar-refractivity contribution is 5.98. The van der Waals surface area contributed by atoms with E-state index in [9.17, 15) is 9.59 Å². The first-order valence-electron chi connectivity index (χ1n) is 9.62. The lowest BCUT2D eigenvalue weighted by Crippen LogP contribution is -2.47. The van der Waals surface area contributed by atoms with Crippen LogP contribution in [-0.4, -0.2) is 24.5 Å². The average Bonchev–Trinajstić information content (AvgIpc) is 2.65. The predicted molar refractivity (Wildman–Crippen MR) is 111 cm³/mol. The molecule has 2 aromatic carbocycles. The molecule has 148 valence electrons. The van der Waals surface area contributed by atoms with Gasteiger partial charge in [0.2, 0.25) is 5.91 Å². The standard InChI is InChI=1S/C23H28N2O3/c1-15-13-19(22(24)27)18-7-5-6-8-20(18)25(15)21(26)14-28-17-11-9-16(10-12-17)23(2,3)4/h5-12,15,19H,13-14H2,1-4H3,(H2,24,27)/t15-,19+/m0/s1. The zero-order chi connectivity index (χ0) is 20.5. The number of amides is 2. The van der Waals surface area contributed by atoms with Crippen molar-refractivity contribution in [2.45, 2.75) is 51.5 Å². The normalized spacial score (nSPS) is 19.1. The van der Waals surface area contributed by atoms with Crippen LogP contribution in [-0.2, 0) is 15.0 Å². The van der Waals surface area contributed by atoms with E-state index in [4.69, 9.17) is 10.5 Å². The van der Waals surface area contributed by atoms with Crippen molar-refractivity contribution in [2.24, 2.45) is 5.73 Å². The van der Waals surface area contributed by atoms with E-state index in [0.29, 0.717) is 12.2 Å². The number of benzene rings is 2. The Hall–Kier alpha value is -2.82. The molecule has 0 fully saturated rings. The molecular formula is C23H28N2O3. The first-order chi connectivity index (χ1) is 13.2. The summed E-state index contributed by atoms with van der Waals surface area (Å²) in [6, 6.07) is 15.1. The van der Waals surface area contributed by atoms with Gasteiger partial charge in [-0.05, 0) is 48.1 Å². The van der Waals surface area contributed by atoms with Gasteiger partial charge >= 0.3 is 0 Å². The van der Waals surface area contributed by atoms with E-state index in [1.807, 2.05) is 55.5 Å². The summed E-state index contributed by atoms with van der Waals surface area (Å²) in [4.78, 5) is 26.5. The zero-order valence-corrected chi connectivity index (χ0v) is 16.9. The minimum absolute atomic E-state index is 0.0607. The molecule has 0 aromatic heterocycles. The molecule has 0 unspecified atom stereocenters. The number of nitrogens with two attached hydrogens (primary N) is 1. The maximum absolute atomic E-state index is 12.9. The second-order valence-electron chi connectivity index (χ2n) is 8.43. The second kappa shape index (κ2) is 7.66. The summed E-state index contributed by atoms with van der Waals surface area (Å²) in [6.45, 7) is 8.33. The van der Waals surface area contributed by atoms with Gasteiger partial charge in [0.1, 0.15) is 5.75 Å². The van der Waals surface area contributed by atoms with Crippen molar-refractivity contribution in [3.05, 3.63) is 59.7 Å². The number of para-hydroxylation sites is 1. The number of anilines is 1. The lowest BCUT2D eigenvalue weighted by Gasteiger charge is -2.38. The first kappa shape index (κ1) is 19.9. The van der Waals surface area contributed by atoms with E-state index in [2.05, 4.69) is 20.8 Å². The topological polar surface area (TPSA) is 72.6 Å². The fourth-order valence-corrected chi connectivity index (χ4v) is 3.73. The molecule has 0 spiro atoms. The number of rotatable bonds is 4. The van der Waals surface area contributed by atoms with Gasteiger partial charge in [0.05, 0.1) is 5.92 Å². The van der Waals surface area contributed by atoms with E-state index in [1.54, 1.807) is 4.90 Å². The quantitative estimate of drug-likeness (QED) is 0.878. The van der Waals surface area contributed by atoms with Crippen LogP contribution in [0.25, 0.3) is 0 Å². The van der Waals surface area contributed by atoms with Gasteiger partial charge in [0.25, 0.3) is 5.91 Å². The average molecular weight is 380 g/mol. The van der Waals surface area contributed by atoms with Crippen LogP contribution < -0.4 is 15.4 Å². The van der Waals surface area contributed by atoms with Crippen LogP contribution in [0.1, 0.15) is 51.2 Å². The molecule has 5 nitrogen and oxygen atoms in total. The van der Waals surface area contributed by atoms with E-state index in [0.717, 1.165) is 11.3 Å². The SMILES string of the molecule is C[C@H]1C[C@@H](C(N)=O)c2ccccc2N1C(=O)COc1ccc(C(C)(C)C)cc1. The smallest absolute Gasteiger partial charge is 0.265 e. The van der Waals surface area contributed by atoms with Crippen LogP contribution in [0, 0.1) is 0 Å². The molecule has 0 radical (unpaired) electrons. The van der Waals surface area contributed by atoms with E-state index >= 15 is 0 Å². The Bertz CT molecular complexity index is 868. The molecule has 28 heavy (non-hydrogen) atoms. The van der Waals surface area contributed by atoms with Gasteiger partial charge in [-0.25, -0.2) is 0 Å². The Morgan fingerprint density at radius 2 is 1.75 bits per heavy atom. The molecule has 5 heteroatoms. The molecule has 3 rings (SSSR count). The van der Waals surface area contributed by atoms with E-state index in [-0.39, 0.29) is 35.8 Å². The number of carbonyl (C=O) groups is 2. The number of nitrogens with zero attached hydrogens (tertiary/aromatic N) is 1. The number of carbonyl (C=O) groups excluding carboxylic acids is 2. The van der Waals surface area contributed by atoms with Gasteiger partial charge in [0, 0.05) is 11.7 Å². The monoisotopic (exact) mass is 380 g/mol. The Balaban J connectivity index is 1.75. The van der Waals surface area contributed by atoms with Crippen molar-refractivity contribution < 1.29 is 14.3 Å². The molecular weight excluding hydrogens is 352 g/mol. The van der Waals surface area contributed by atoms with Crippen LogP contribution in [0.4, 0.5) is 5.69 Å². The van der Waals surface area contributed by atoms with Gasteiger partial charge < -0.3 is 15.4 Å². The van der Waals surface area contributed by atoms with Crippen LogP contribution in [0.2, 0.25) is 0 Å².